The Kier molecular flexibility index (Phi) is 5.63. The molecule has 8 heteroatoms. The van der Waals surface area contributed by atoms with Crippen molar-refractivity contribution in [1.29, 1.82) is 0 Å². The Morgan fingerprint density at radius 2 is 2.00 bits per heavy atom. The number of thioether (sulfide) groups is 1. The van der Waals surface area contributed by atoms with E-state index in [4.69, 9.17) is 15.3 Å². The van der Waals surface area contributed by atoms with Crippen LogP contribution in [0.2, 0.25) is 0 Å². The van der Waals surface area contributed by atoms with Crippen molar-refractivity contribution in [1.82, 2.24) is 5.32 Å². The van der Waals surface area contributed by atoms with Gasteiger partial charge < -0.3 is 25.5 Å². The van der Waals surface area contributed by atoms with Crippen molar-refractivity contribution < 1.29 is 30.3 Å². The van der Waals surface area contributed by atoms with Crippen LogP contribution < -0.4 is 5.32 Å². The van der Waals surface area contributed by atoms with Crippen molar-refractivity contribution >= 4 is 17.7 Å². The largest absolute Gasteiger partial charge is 0.480 e. The molecule has 100 valence electrons. The fraction of sp³-hybridized carbons (Fsp3) is 0.889. The molecule has 0 aromatic heterocycles. The van der Waals surface area contributed by atoms with Gasteiger partial charge in [-0.2, -0.15) is 0 Å². The third-order valence-corrected chi connectivity index (χ3v) is 3.84. The van der Waals surface area contributed by atoms with Gasteiger partial charge in [-0.25, -0.2) is 0 Å². The first-order valence-electron chi connectivity index (χ1n) is 5.21. The van der Waals surface area contributed by atoms with E-state index in [9.17, 15) is 15.0 Å². The van der Waals surface area contributed by atoms with Crippen LogP contribution in [0.15, 0.2) is 0 Å². The highest BCUT2D eigenvalue weighted by Gasteiger charge is 2.33. The standard InChI is InChI=1S/C9H17NO6S/c11-2-6(13)8(14)5(12)1-7-10-4(3-17-7)9(15)16/h4-8,10-14H,1-3H2,(H,15,16)/t4-,5-,6+,7+,8+/m0/s1. The molecule has 1 rings (SSSR count). The van der Waals surface area contributed by atoms with Crippen molar-refractivity contribution in [2.24, 2.45) is 0 Å². The predicted molar refractivity (Wildman–Crippen MR) is 60.5 cm³/mol. The molecule has 0 amide bonds. The van der Waals surface area contributed by atoms with Crippen LogP contribution in [0.3, 0.4) is 0 Å². The topological polar surface area (TPSA) is 130 Å². The molecule has 1 saturated heterocycles. The number of hydrogen-bond donors (Lipinski definition) is 6. The zero-order valence-electron chi connectivity index (χ0n) is 9.06. The summed E-state index contributed by atoms with van der Waals surface area (Å²) in [5.41, 5.74) is 0. The average Bonchev–Trinajstić information content (AvgIpc) is 2.75. The second kappa shape index (κ2) is 6.53. The lowest BCUT2D eigenvalue weighted by Gasteiger charge is -2.23. The van der Waals surface area contributed by atoms with Crippen molar-refractivity contribution in [2.75, 3.05) is 12.4 Å². The minimum atomic E-state index is -1.44. The third kappa shape index (κ3) is 4.09. The van der Waals surface area contributed by atoms with Gasteiger partial charge in [0.15, 0.2) is 0 Å². The number of aliphatic carboxylic acids is 1. The Morgan fingerprint density at radius 3 is 2.47 bits per heavy atom. The van der Waals surface area contributed by atoms with E-state index in [1.54, 1.807) is 0 Å². The van der Waals surface area contributed by atoms with Crippen molar-refractivity contribution in [2.45, 2.75) is 36.1 Å². The summed E-state index contributed by atoms with van der Waals surface area (Å²) in [5.74, 6) is -0.559. The zero-order chi connectivity index (χ0) is 13.0. The van der Waals surface area contributed by atoms with Crippen LogP contribution in [0.5, 0.6) is 0 Å². The van der Waals surface area contributed by atoms with Gasteiger partial charge in [0.2, 0.25) is 0 Å². The minimum Gasteiger partial charge on any atom is -0.480 e. The minimum absolute atomic E-state index is 0.104. The van der Waals surface area contributed by atoms with Crippen molar-refractivity contribution in [3.63, 3.8) is 0 Å². The molecule has 0 unspecified atom stereocenters. The van der Waals surface area contributed by atoms with E-state index < -0.39 is 36.9 Å². The molecule has 0 aliphatic carbocycles. The van der Waals surface area contributed by atoms with Crippen LogP contribution in [-0.4, -0.2) is 73.6 Å². The number of aliphatic hydroxyl groups is 4. The number of carbonyl (C=O) groups is 1. The normalized spacial score (nSPS) is 29.9. The van der Waals surface area contributed by atoms with Gasteiger partial charge in [-0.05, 0) is 0 Å². The molecule has 7 nitrogen and oxygen atoms in total. The lowest BCUT2D eigenvalue weighted by Crippen LogP contribution is -2.43. The molecule has 1 aliphatic rings. The van der Waals surface area contributed by atoms with Crippen molar-refractivity contribution in [3.05, 3.63) is 0 Å². The van der Waals surface area contributed by atoms with Gasteiger partial charge in [0.1, 0.15) is 18.2 Å². The maximum Gasteiger partial charge on any atom is 0.321 e. The van der Waals surface area contributed by atoms with Gasteiger partial charge in [-0.3, -0.25) is 10.1 Å². The molecule has 0 spiro atoms. The molecule has 17 heavy (non-hydrogen) atoms. The van der Waals surface area contributed by atoms with Crippen LogP contribution in [0.4, 0.5) is 0 Å². The summed E-state index contributed by atoms with van der Waals surface area (Å²) < 4.78 is 0. The summed E-state index contributed by atoms with van der Waals surface area (Å²) in [5, 5.41) is 48.0. The molecular formula is C9H17NO6S. The molecule has 1 aliphatic heterocycles. The van der Waals surface area contributed by atoms with Gasteiger partial charge in [0.25, 0.3) is 0 Å². The maximum atomic E-state index is 10.7. The van der Waals surface area contributed by atoms with E-state index in [0.717, 1.165) is 0 Å². The molecule has 6 N–H and O–H groups in total. The molecular weight excluding hydrogens is 250 g/mol. The summed E-state index contributed by atoms with van der Waals surface area (Å²) in [6, 6.07) is -0.655. The third-order valence-electron chi connectivity index (χ3n) is 2.58. The summed E-state index contributed by atoms with van der Waals surface area (Å²) in [6.45, 7) is -0.638. The van der Waals surface area contributed by atoms with E-state index in [-0.39, 0.29) is 11.8 Å². The van der Waals surface area contributed by atoms with E-state index in [0.29, 0.717) is 5.75 Å². The monoisotopic (exact) mass is 267 g/mol. The van der Waals surface area contributed by atoms with E-state index in [2.05, 4.69) is 5.32 Å². The highest BCUT2D eigenvalue weighted by atomic mass is 32.2. The van der Waals surface area contributed by atoms with Crippen LogP contribution in [-0.2, 0) is 4.79 Å². The van der Waals surface area contributed by atoms with Gasteiger partial charge >= 0.3 is 5.97 Å². The summed E-state index contributed by atoms with van der Waals surface area (Å²) in [7, 11) is 0. The maximum absolute atomic E-state index is 10.7. The summed E-state index contributed by atoms with van der Waals surface area (Å²) >= 11 is 1.34. The number of nitrogens with one attached hydrogen (secondary N) is 1. The number of aliphatic hydroxyl groups excluding tert-OH is 4. The second-order valence-electron chi connectivity index (χ2n) is 3.92. The molecule has 0 saturated carbocycles. The molecule has 0 radical (unpaired) electrons. The quantitative estimate of drug-likeness (QED) is 0.313. The lowest BCUT2D eigenvalue weighted by atomic mass is 10.1. The molecule has 1 heterocycles. The average molecular weight is 267 g/mol. The molecule has 5 atom stereocenters. The number of carboxylic acid groups (broad SMARTS) is 1. The van der Waals surface area contributed by atoms with Crippen molar-refractivity contribution in [3.8, 4) is 0 Å². The molecule has 0 bridgehead atoms. The SMILES string of the molecule is O=C(O)[C@@H]1CS[C@H](C[C@H](O)[C@@H](O)[C@H](O)CO)N1. The van der Waals surface area contributed by atoms with Crippen LogP contribution in [0, 0.1) is 0 Å². The first-order chi connectivity index (χ1) is 7.95. The van der Waals surface area contributed by atoms with Gasteiger partial charge in [-0.1, -0.05) is 0 Å². The Morgan fingerprint density at radius 1 is 1.35 bits per heavy atom. The fourth-order valence-electron chi connectivity index (χ4n) is 1.53. The van der Waals surface area contributed by atoms with E-state index in [1.807, 2.05) is 0 Å². The van der Waals surface area contributed by atoms with E-state index >= 15 is 0 Å². The Bertz CT molecular complexity index is 266. The predicted octanol–water partition coefficient (Wildman–Crippen LogP) is -2.43. The van der Waals surface area contributed by atoms with Gasteiger partial charge in [0.05, 0.1) is 18.1 Å². The van der Waals surface area contributed by atoms with Gasteiger partial charge in [0, 0.05) is 12.2 Å². The van der Waals surface area contributed by atoms with Crippen LogP contribution >= 0.6 is 11.8 Å². The number of hydrogen-bond acceptors (Lipinski definition) is 7. The summed E-state index contributed by atoms with van der Waals surface area (Å²) in [4.78, 5) is 10.7. The first-order valence-corrected chi connectivity index (χ1v) is 6.26. The molecule has 1 fully saturated rings. The zero-order valence-corrected chi connectivity index (χ0v) is 9.88. The van der Waals surface area contributed by atoms with Crippen LogP contribution in [0.1, 0.15) is 6.42 Å². The number of carboxylic acids is 1. The second-order valence-corrected chi connectivity index (χ2v) is 5.16. The summed E-state index contributed by atoms with van der Waals surface area (Å²) in [6.07, 6.45) is -3.94. The highest BCUT2D eigenvalue weighted by molar-refractivity contribution is 8.00. The molecule has 0 aromatic rings. The highest BCUT2D eigenvalue weighted by Crippen LogP contribution is 2.23. The smallest absolute Gasteiger partial charge is 0.321 e. The molecule has 0 aromatic carbocycles. The van der Waals surface area contributed by atoms with Crippen LogP contribution in [0.25, 0.3) is 0 Å². The van der Waals surface area contributed by atoms with Gasteiger partial charge in [-0.15, -0.1) is 11.8 Å². The lowest BCUT2D eigenvalue weighted by molar-refractivity contribution is -0.138. The first kappa shape index (κ1) is 14.7. The Balaban J connectivity index is 2.37. The van der Waals surface area contributed by atoms with E-state index in [1.165, 1.54) is 11.8 Å². The fourth-order valence-corrected chi connectivity index (χ4v) is 2.79. The Labute approximate surface area is 102 Å². The number of rotatable bonds is 6. The Hall–Kier alpha value is -0.380.